The van der Waals surface area contributed by atoms with Crippen molar-refractivity contribution in [3.05, 3.63) is 87.4 Å². The number of anilines is 2. The second kappa shape index (κ2) is 18.7. The molecule has 2 amide bonds. The van der Waals surface area contributed by atoms with Gasteiger partial charge in [0, 0.05) is 55.5 Å². The number of aliphatic hydroxyl groups excluding tert-OH is 1. The number of carbonyl (C=O) groups excluding carboxylic acids is 2. The predicted octanol–water partition coefficient (Wildman–Crippen LogP) is 10.0. The summed E-state index contributed by atoms with van der Waals surface area (Å²) in [6.45, 7) is 9.73. The maximum absolute atomic E-state index is 14.6. The highest BCUT2D eigenvalue weighted by atomic mass is 32.1. The van der Waals surface area contributed by atoms with Gasteiger partial charge in [0.1, 0.15) is 5.54 Å². The number of amides is 2. The Kier molecular flexibility index (Phi) is 12.6. The number of rotatable bonds is 12. The molecule has 14 heteroatoms. The van der Waals surface area contributed by atoms with Crippen LogP contribution in [0.2, 0.25) is 0 Å². The van der Waals surface area contributed by atoms with Crippen LogP contribution in [0, 0.1) is 19.8 Å². The van der Waals surface area contributed by atoms with Crippen molar-refractivity contribution >= 4 is 79.0 Å². The summed E-state index contributed by atoms with van der Waals surface area (Å²) >= 11 is 3.27. The molecule has 2 aromatic carbocycles. The number of aliphatic hydroxyl groups is 1. The molecular formula is C52H59N7O5S2. The maximum Gasteiger partial charge on any atom is 0.328 e. The average molecular weight is 926 g/mol. The number of fused-ring (bicyclic) bond motifs is 7. The summed E-state index contributed by atoms with van der Waals surface area (Å²) < 4.78 is 3.68. The van der Waals surface area contributed by atoms with Crippen LogP contribution in [0.15, 0.2) is 60.7 Å². The monoisotopic (exact) mass is 925 g/mol. The summed E-state index contributed by atoms with van der Waals surface area (Å²) in [5, 5.41) is 27.4. The molecule has 4 aromatic heterocycles. The minimum absolute atomic E-state index is 0.216. The van der Waals surface area contributed by atoms with Crippen molar-refractivity contribution in [3.8, 4) is 21.8 Å². The Bertz CT molecular complexity index is 2820. The van der Waals surface area contributed by atoms with Gasteiger partial charge < -0.3 is 35.2 Å². The van der Waals surface area contributed by atoms with Crippen LogP contribution in [0.25, 0.3) is 49.0 Å². The van der Waals surface area contributed by atoms with Crippen LogP contribution in [-0.2, 0) is 16.1 Å². The van der Waals surface area contributed by atoms with Gasteiger partial charge in [0.15, 0.2) is 0 Å². The lowest BCUT2D eigenvalue weighted by molar-refractivity contribution is -0.131. The summed E-state index contributed by atoms with van der Waals surface area (Å²) in [5.41, 5.74) is 9.37. The molecule has 2 saturated carbocycles. The topological polar surface area (TPSA) is 153 Å². The SMILES string of the molecule is Cc1nc(C)c(-c2ccc3c4c(ccc3n2)-c2c(C3CCCCC3)c3sc(C(=O)NC5(C(=O)Nc6ccc(C=CC(=O)O)cc6)CCCC5)cc3n2CCN4CCN2CCC(CO)CC2)s1. The minimum Gasteiger partial charge on any atom is -0.478 e. The summed E-state index contributed by atoms with van der Waals surface area (Å²) in [4.78, 5) is 56.6. The number of hydrogen-bond donors (Lipinski definition) is 4. The van der Waals surface area contributed by atoms with E-state index in [0.29, 0.717) is 40.8 Å². The summed E-state index contributed by atoms with van der Waals surface area (Å²) in [5.74, 6) is -0.717. The minimum atomic E-state index is -1.04. The zero-order valence-electron chi connectivity index (χ0n) is 37.9. The highest BCUT2D eigenvalue weighted by Crippen LogP contribution is 2.51. The molecule has 0 radical (unpaired) electrons. The van der Waals surface area contributed by atoms with Crippen molar-refractivity contribution in [2.45, 2.75) is 102 Å². The van der Waals surface area contributed by atoms with Gasteiger partial charge in [-0.05, 0) is 137 Å². The van der Waals surface area contributed by atoms with Crippen LogP contribution >= 0.6 is 22.7 Å². The van der Waals surface area contributed by atoms with E-state index in [-0.39, 0.29) is 18.4 Å². The first kappa shape index (κ1) is 44.4. The molecule has 6 heterocycles. The third kappa shape index (κ3) is 8.68. The third-order valence-corrected chi connectivity index (χ3v) is 16.9. The van der Waals surface area contributed by atoms with Crippen LogP contribution < -0.4 is 15.5 Å². The van der Waals surface area contributed by atoms with E-state index < -0.39 is 11.5 Å². The molecule has 3 fully saturated rings. The standard InChI is InChI=1S/C52H59N7O5S2/c1-32-48(65-33(2)53-32)41-18-15-38-40(55-41)17-16-39-46(38)58(27-26-57-24-20-35(31-60)21-25-57)28-29-59-42-30-43(66-49(42)45(47(39)59)36-8-4-3-5-9-36)50(63)56-52(22-6-7-23-52)51(64)54-37-13-10-34(11-14-37)12-19-44(61)62/h10-19,30,35-36,60H,3-9,20-29,31H2,1-2H3,(H,54,64)(H,56,63)(H,61,62). The van der Waals surface area contributed by atoms with Gasteiger partial charge in [0.05, 0.1) is 53.3 Å². The van der Waals surface area contributed by atoms with Gasteiger partial charge in [-0.15, -0.1) is 22.7 Å². The zero-order chi connectivity index (χ0) is 45.5. The molecule has 4 N–H and O–H groups in total. The number of thiazole rings is 1. The molecular weight excluding hydrogens is 867 g/mol. The van der Waals surface area contributed by atoms with Gasteiger partial charge in [-0.25, -0.2) is 14.8 Å². The highest BCUT2D eigenvalue weighted by molar-refractivity contribution is 7.21. The average Bonchev–Trinajstić information content (AvgIpc) is 4.11. The van der Waals surface area contributed by atoms with Gasteiger partial charge in [-0.1, -0.05) is 44.2 Å². The van der Waals surface area contributed by atoms with E-state index in [1.807, 2.05) is 6.92 Å². The van der Waals surface area contributed by atoms with Gasteiger partial charge in [-0.2, -0.15) is 0 Å². The normalized spacial score (nSPS) is 18.2. The largest absolute Gasteiger partial charge is 0.478 e. The zero-order valence-corrected chi connectivity index (χ0v) is 39.5. The molecule has 0 unspecified atom stereocenters. The fourth-order valence-electron chi connectivity index (χ4n) is 11.1. The highest BCUT2D eigenvalue weighted by Gasteiger charge is 2.43. The van der Waals surface area contributed by atoms with Crippen LogP contribution in [0.1, 0.15) is 108 Å². The lowest BCUT2D eigenvalue weighted by atomic mass is 9.82. The number of carbonyl (C=O) groups is 3. The van der Waals surface area contributed by atoms with Crippen LogP contribution in [0.5, 0.6) is 0 Å². The summed E-state index contributed by atoms with van der Waals surface area (Å²) in [7, 11) is 0. The number of carboxylic acid groups (broad SMARTS) is 1. The fraction of sp³-hybridized carbons (Fsp3) is 0.442. The molecule has 2 aliphatic carbocycles. The molecule has 12 nitrogen and oxygen atoms in total. The molecule has 344 valence electrons. The number of hydrogen-bond acceptors (Lipinski definition) is 10. The van der Waals surface area contributed by atoms with Crippen molar-refractivity contribution in [1.82, 2.24) is 24.8 Å². The van der Waals surface area contributed by atoms with Crippen molar-refractivity contribution in [3.63, 3.8) is 0 Å². The number of carboxylic acids is 1. The number of thiophene rings is 1. The van der Waals surface area contributed by atoms with Crippen molar-refractivity contribution in [2.75, 3.05) is 49.5 Å². The van der Waals surface area contributed by atoms with E-state index in [4.69, 9.17) is 15.1 Å². The maximum atomic E-state index is 14.6. The van der Waals surface area contributed by atoms with Crippen LogP contribution in [0.3, 0.4) is 0 Å². The van der Waals surface area contributed by atoms with E-state index in [1.54, 1.807) is 46.9 Å². The first-order valence-corrected chi connectivity index (χ1v) is 25.5. The fourth-order valence-corrected chi connectivity index (χ4v) is 13.2. The molecule has 0 atom stereocenters. The Labute approximate surface area is 393 Å². The van der Waals surface area contributed by atoms with Crippen LogP contribution in [-0.4, -0.2) is 92.3 Å². The lowest BCUT2D eigenvalue weighted by Crippen LogP contribution is -2.54. The summed E-state index contributed by atoms with van der Waals surface area (Å²) in [6, 6.07) is 18.1. The third-order valence-electron chi connectivity index (χ3n) is 14.6. The number of pyridine rings is 1. The number of nitrogens with zero attached hydrogens (tertiary/aromatic N) is 5. The number of aryl methyl sites for hydroxylation is 2. The summed E-state index contributed by atoms with van der Waals surface area (Å²) in [6.07, 6.45) is 13.3. The first-order chi connectivity index (χ1) is 32.1. The smallest absolute Gasteiger partial charge is 0.328 e. The second-order valence-electron chi connectivity index (χ2n) is 18.9. The molecule has 0 bridgehead atoms. The second-order valence-corrected chi connectivity index (χ2v) is 21.1. The molecule has 0 spiro atoms. The number of nitrogens with one attached hydrogen (secondary N) is 2. The van der Waals surface area contributed by atoms with Gasteiger partial charge >= 0.3 is 5.97 Å². The van der Waals surface area contributed by atoms with Crippen molar-refractivity contribution < 1.29 is 24.6 Å². The number of aromatic nitrogens is 3. The number of likely N-dealkylation sites (tertiary alicyclic amines) is 1. The number of aliphatic carboxylic acids is 1. The van der Waals surface area contributed by atoms with E-state index in [1.165, 1.54) is 52.5 Å². The molecule has 2 aliphatic heterocycles. The molecule has 1 saturated heterocycles. The van der Waals surface area contributed by atoms with E-state index in [2.05, 4.69) is 62.3 Å². The predicted molar refractivity (Wildman–Crippen MR) is 266 cm³/mol. The van der Waals surface area contributed by atoms with Crippen molar-refractivity contribution in [2.24, 2.45) is 5.92 Å². The van der Waals surface area contributed by atoms with Crippen molar-refractivity contribution in [1.29, 1.82) is 0 Å². The number of benzene rings is 2. The van der Waals surface area contributed by atoms with Crippen LogP contribution in [0.4, 0.5) is 11.4 Å². The molecule has 66 heavy (non-hydrogen) atoms. The first-order valence-electron chi connectivity index (χ1n) is 23.8. The lowest BCUT2D eigenvalue weighted by Gasteiger charge is -2.34. The molecule has 10 rings (SSSR count). The van der Waals surface area contributed by atoms with Gasteiger partial charge in [0.25, 0.3) is 5.91 Å². The Hall–Kier alpha value is -5.41. The van der Waals surface area contributed by atoms with E-state index in [0.717, 1.165) is 122 Å². The van der Waals surface area contributed by atoms with Gasteiger partial charge in [-0.3, -0.25) is 9.59 Å². The van der Waals surface area contributed by atoms with E-state index >= 15 is 0 Å². The Morgan fingerprint density at radius 1 is 0.864 bits per heavy atom. The molecule has 4 aliphatic rings. The Morgan fingerprint density at radius 2 is 1.64 bits per heavy atom. The van der Waals surface area contributed by atoms with E-state index in [9.17, 15) is 19.5 Å². The quantitative estimate of drug-likeness (QED) is 0.0879. The number of piperidine rings is 1. The van der Waals surface area contributed by atoms with Gasteiger partial charge in [0.2, 0.25) is 5.91 Å². The Balaban J connectivity index is 1.01. The Morgan fingerprint density at radius 3 is 2.35 bits per heavy atom. The molecule has 6 aromatic rings.